The zero-order valence-corrected chi connectivity index (χ0v) is 44.8. The van der Waals surface area contributed by atoms with Gasteiger partial charge in [0.25, 0.3) is 0 Å². The van der Waals surface area contributed by atoms with Crippen molar-refractivity contribution in [1.82, 2.24) is 21.3 Å². The number of rotatable bonds is 20. The van der Waals surface area contributed by atoms with E-state index in [1.807, 2.05) is 72.8 Å². The molecule has 0 fully saturated rings. The molecule has 8 N–H and O–H groups in total. The lowest BCUT2D eigenvalue weighted by atomic mass is 9.97. The van der Waals surface area contributed by atoms with Crippen molar-refractivity contribution in [1.29, 1.82) is 0 Å². The molecule has 0 spiro atoms. The molecule has 0 aromatic heterocycles. The molecule has 8 atom stereocenters. The number of para-hydroxylation sites is 4. The van der Waals surface area contributed by atoms with E-state index in [0.717, 1.165) is 74.6 Å². The standard InChI is InChI=1S/4C15H22N2O.2CH4/c4*1-3-4-7-10-16-15(18)14-11(2)12-8-5-6-9-13(12)17-14;;/h4*5-6,8-9,11,14,17H,3-4,7,10H2,1-2H3,(H,16,18);2*1H4/t2*11-,14+;2*11-,14-;;/m1010../s1. The van der Waals surface area contributed by atoms with Crippen LogP contribution < -0.4 is 42.5 Å². The highest BCUT2D eigenvalue weighted by molar-refractivity contribution is 5.90. The molecule has 4 aliphatic rings. The molecular formula is C62H96N8O4. The van der Waals surface area contributed by atoms with E-state index in [-0.39, 0.29) is 86.3 Å². The number of carbonyl (C=O) groups is 4. The molecule has 4 aliphatic heterocycles. The lowest BCUT2D eigenvalue weighted by Gasteiger charge is -2.16. The average Bonchev–Trinajstić information content (AvgIpc) is 4.14. The van der Waals surface area contributed by atoms with Crippen LogP contribution >= 0.6 is 0 Å². The fraction of sp³-hybridized carbons (Fsp3) is 0.548. The summed E-state index contributed by atoms with van der Waals surface area (Å²) in [5.41, 5.74) is 9.35. The fourth-order valence-electron chi connectivity index (χ4n) is 9.95. The summed E-state index contributed by atoms with van der Waals surface area (Å²) in [5, 5.41) is 25.3. The molecular weight excluding hydrogens is 921 g/mol. The van der Waals surface area contributed by atoms with Gasteiger partial charge in [-0.1, -0.05) is 194 Å². The summed E-state index contributed by atoms with van der Waals surface area (Å²) in [7, 11) is 0. The van der Waals surface area contributed by atoms with Crippen LogP contribution in [0.2, 0.25) is 0 Å². The van der Waals surface area contributed by atoms with Crippen molar-refractivity contribution in [3.8, 4) is 0 Å². The van der Waals surface area contributed by atoms with Crippen LogP contribution in [0.4, 0.5) is 22.7 Å². The van der Waals surface area contributed by atoms with E-state index >= 15 is 0 Å². The van der Waals surface area contributed by atoms with Gasteiger partial charge in [0.05, 0.1) is 0 Å². The number of fused-ring (bicyclic) bond motifs is 4. The Kier molecular flexibility index (Phi) is 27.8. The Morgan fingerprint density at radius 2 is 0.527 bits per heavy atom. The first-order valence-corrected chi connectivity index (χ1v) is 27.5. The van der Waals surface area contributed by atoms with E-state index in [0.29, 0.717) is 0 Å². The van der Waals surface area contributed by atoms with E-state index in [2.05, 4.69) is 122 Å². The highest BCUT2D eigenvalue weighted by Gasteiger charge is 2.36. The van der Waals surface area contributed by atoms with E-state index in [9.17, 15) is 19.2 Å². The van der Waals surface area contributed by atoms with Crippen LogP contribution in [0.1, 0.15) is 193 Å². The highest BCUT2D eigenvalue weighted by atomic mass is 16.2. The second kappa shape index (κ2) is 33.0. The molecule has 4 amide bonds. The SMILES string of the molecule is C.C.CCCCCNC(=O)[C@@H]1Nc2ccccc2[C@@H]1C.CCCCCNC(=O)[C@@H]1Nc2ccccc2[C@H]1C.CCCCCNC(=O)[C@H]1Nc2ccccc2[C@@H]1C.CCCCCNC(=O)[C@H]1Nc2ccccc2[C@H]1C. The average molecular weight is 1020 g/mol. The molecule has 74 heavy (non-hydrogen) atoms. The lowest BCUT2D eigenvalue weighted by molar-refractivity contribution is -0.122. The van der Waals surface area contributed by atoms with Crippen LogP contribution in [0.15, 0.2) is 97.1 Å². The number of benzene rings is 4. The summed E-state index contributed by atoms with van der Waals surface area (Å²) in [6, 6.07) is 32.2. The second-order valence-corrected chi connectivity index (χ2v) is 20.0. The molecule has 0 bridgehead atoms. The van der Waals surface area contributed by atoms with E-state index in [1.165, 1.54) is 73.6 Å². The molecule has 0 saturated heterocycles. The van der Waals surface area contributed by atoms with E-state index in [4.69, 9.17) is 0 Å². The van der Waals surface area contributed by atoms with Gasteiger partial charge in [0.2, 0.25) is 23.6 Å². The number of hydrogen-bond donors (Lipinski definition) is 8. The van der Waals surface area contributed by atoms with Crippen LogP contribution in [-0.4, -0.2) is 74.0 Å². The highest BCUT2D eigenvalue weighted by Crippen LogP contribution is 2.38. The maximum absolute atomic E-state index is 12.1. The minimum Gasteiger partial charge on any atom is -0.373 e. The third-order valence-corrected chi connectivity index (χ3v) is 14.5. The van der Waals surface area contributed by atoms with Gasteiger partial charge in [-0.3, -0.25) is 19.2 Å². The molecule has 0 radical (unpaired) electrons. The minimum absolute atomic E-state index is 0. The summed E-state index contributed by atoms with van der Waals surface area (Å²) >= 11 is 0. The van der Waals surface area contributed by atoms with Gasteiger partial charge in [0, 0.05) is 72.6 Å². The predicted octanol–water partition coefficient (Wildman–Crippen LogP) is 12.8. The van der Waals surface area contributed by atoms with Gasteiger partial charge in [-0.05, 0) is 72.2 Å². The number of nitrogens with one attached hydrogen (secondary N) is 8. The molecule has 8 rings (SSSR count). The zero-order valence-electron chi connectivity index (χ0n) is 44.8. The Bertz CT molecular complexity index is 1990. The van der Waals surface area contributed by atoms with Gasteiger partial charge in [-0.25, -0.2) is 0 Å². The third-order valence-electron chi connectivity index (χ3n) is 14.5. The first kappa shape index (κ1) is 62.3. The number of carbonyl (C=O) groups excluding carboxylic acids is 4. The zero-order chi connectivity index (χ0) is 51.8. The summed E-state index contributed by atoms with van der Waals surface area (Å²) in [6.45, 7) is 20.2. The van der Waals surface area contributed by atoms with Gasteiger partial charge < -0.3 is 42.5 Å². The van der Waals surface area contributed by atoms with Crippen molar-refractivity contribution in [2.75, 3.05) is 47.4 Å². The van der Waals surface area contributed by atoms with Crippen LogP contribution in [0.3, 0.4) is 0 Å². The predicted molar refractivity (Wildman–Crippen MR) is 313 cm³/mol. The van der Waals surface area contributed by atoms with Crippen molar-refractivity contribution in [2.24, 2.45) is 0 Å². The number of anilines is 4. The van der Waals surface area contributed by atoms with Crippen LogP contribution in [0, 0.1) is 0 Å². The summed E-state index contributed by atoms with van der Waals surface area (Å²) in [6.07, 6.45) is 13.7. The Hall–Kier alpha value is -6.04. The normalized spacial score (nSPS) is 20.6. The number of amides is 4. The van der Waals surface area contributed by atoms with Crippen molar-refractivity contribution in [3.05, 3.63) is 119 Å². The van der Waals surface area contributed by atoms with Crippen molar-refractivity contribution in [2.45, 2.75) is 195 Å². The molecule has 4 aromatic carbocycles. The Morgan fingerprint density at radius 3 is 0.703 bits per heavy atom. The van der Waals surface area contributed by atoms with Gasteiger partial charge in [0.1, 0.15) is 24.2 Å². The quantitative estimate of drug-likeness (QED) is 0.0406. The van der Waals surface area contributed by atoms with Gasteiger partial charge in [-0.15, -0.1) is 0 Å². The monoisotopic (exact) mass is 1020 g/mol. The van der Waals surface area contributed by atoms with Crippen LogP contribution in [-0.2, 0) is 19.2 Å². The largest absolute Gasteiger partial charge is 0.373 e. The lowest BCUT2D eigenvalue weighted by Crippen LogP contribution is -2.40. The maximum atomic E-state index is 12.1. The van der Waals surface area contributed by atoms with Crippen molar-refractivity contribution >= 4 is 46.4 Å². The first-order valence-electron chi connectivity index (χ1n) is 27.5. The third kappa shape index (κ3) is 17.5. The molecule has 4 aromatic rings. The Morgan fingerprint density at radius 1 is 0.338 bits per heavy atom. The van der Waals surface area contributed by atoms with Gasteiger partial charge in [0.15, 0.2) is 0 Å². The molecule has 0 unspecified atom stereocenters. The molecule has 12 nitrogen and oxygen atoms in total. The van der Waals surface area contributed by atoms with Crippen molar-refractivity contribution in [3.63, 3.8) is 0 Å². The minimum atomic E-state index is -0.121. The summed E-state index contributed by atoms with van der Waals surface area (Å²) in [5.74, 6) is 1.45. The Balaban J connectivity index is 0.000000258. The van der Waals surface area contributed by atoms with Crippen molar-refractivity contribution < 1.29 is 19.2 Å². The number of unbranched alkanes of at least 4 members (excludes halogenated alkanes) is 8. The van der Waals surface area contributed by atoms with Gasteiger partial charge >= 0.3 is 0 Å². The molecule has 4 heterocycles. The topological polar surface area (TPSA) is 165 Å². The molecule has 0 aliphatic carbocycles. The fourth-order valence-corrected chi connectivity index (χ4v) is 9.95. The van der Waals surface area contributed by atoms with Crippen LogP contribution in [0.5, 0.6) is 0 Å². The summed E-state index contributed by atoms with van der Waals surface area (Å²) < 4.78 is 0. The Labute approximate surface area is 447 Å². The maximum Gasteiger partial charge on any atom is 0.243 e. The molecule has 12 heteroatoms. The van der Waals surface area contributed by atoms with Crippen LogP contribution in [0.25, 0.3) is 0 Å². The smallest absolute Gasteiger partial charge is 0.243 e. The number of hydrogen-bond acceptors (Lipinski definition) is 8. The van der Waals surface area contributed by atoms with E-state index in [1.54, 1.807) is 0 Å². The molecule has 408 valence electrons. The first-order chi connectivity index (χ1) is 34.9. The van der Waals surface area contributed by atoms with Gasteiger partial charge in [-0.2, -0.15) is 0 Å². The molecule has 0 saturated carbocycles. The summed E-state index contributed by atoms with van der Waals surface area (Å²) in [4.78, 5) is 48.5. The second-order valence-electron chi connectivity index (χ2n) is 20.0. The van der Waals surface area contributed by atoms with E-state index < -0.39 is 0 Å².